The second kappa shape index (κ2) is 8.73. The first-order chi connectivity index (χ1) is 12.9. The zero-order valence-corrected chi connectivity index (χ0v) is 16.1. The van der Waals surface area contributed by atoms with E-state index in [4.69, 9.17) is 4.74 Å². The highest BCUT2D eigenvalue weighted by Crippen LogP contribution is 2.30. The number of hydrogen-bond donors (Lipinski definition) is 2. The maximum Gasteiger partial charge on any atom is 0.262 e. The van der Waals surface area contributed by atoms with Gasteiger partial charge < -0.3 is 15.4 Å². The molecule has 27 heavy (non-hydrogen) atoms. The SMILES string of the molecule is O=C1COc2cc(S(=O)(=O)CCC(=O)NC3CCCCCCC3)ccc2N1. The number of carbonyl (C=O) groups is 2. The van der Waals surface area contributed by atoms with E-state index in [1.807, 2.05) is 0 Å². The zero-order chi connectivity index (χ0) is 19.3. The Morgan fingerprint density at radius 1 is 1.15 bits per heavy atom. The third-order valence-electron chi connectivity index (χ3n) is 5.01. The minimum Gasteiger partial charge on any atom is -0.482 e. The molecule has 1 aliphatic heterocycles. The van der Waals surface area contributed by atoms with Crippen molar-refractivity contribution in [3.63, 3.8) is 0 Å². The molecule has 2 N–H and O–H groups in total. The van der Waals surface area contributed by atoms with Crippen LogP contribution in [-0.2, 0) is 19.4 Å². The molecule has 1 aromatic carbocycles. The van der Waals surface area contributed by atoms with Crippen LogP contribution in [0.5, 0.6) is 5.75 Å². The van der Waals surface area contributed by atoms with Crippen LogP contribution in [0, 0.1) is 0 Å². The smallest absolute Gasteiger partial charge is 0.262 e. The molecule has 0 radical (unpaired) electrons. The van der Waals surface area contributed by atoms with Gasteiger partial charge in [-0.2, -0.15) is 0 Å². The Morgan fingerprint density at radius 3 is 2.59 bits per heavy atom. The normalized spacial score (nSPS) is 18.4. The lowest BCUT2D eigenvalue weighted by Crippen LogP contribution is -2.36. The van der Waals surface area contributed by atoms with Gasteiger partial charge in [0.2, 0.25) is 5.91 Å². The van der Waals surface area contributed by atoms with Crippen molar-refractivity contribution in [1.82, 2.24) is 5.32 Å². The highest BCUT2D eigenvalue weighted by Gasteiger charge is 2.22. The third-order valence-corrected chi connectivity index (χ3v) is 6.73. The molecular formula is C19H26N2O5S. The fourth-order valence-corrected chi connectivity index (χ4v) is 4.75. The van der Waals surface area contributed by atoms with E-state index in [0.29, 0.717) is 11.4 Å². The predicted octanol–water partition coefficient (Wildman–Crippen LogP) is 2.41. The van der Waals surface area contributed by atoms with Gasteiger partial charge in [-0.15, -0.1) is 0 Å². The molecule has 0 atom stereocenters. The van der Waals surface area contributed by atoms with E-state index in [1.54, 1.807) is 0 Å². The molecule has 0 saturated heterocycles. The summed E-state index contributed by atoms with van der Waals surface area (Å²) >= 11 is 0. The summed E-state index contributed by atoms with van der Waals surface area (Å²) in [6.45, 7) is -0.139. The maximum absolute atomic E-state index is 12.6. The highest BCUT2D eigenvalue weighted by atomic mass is 32.2. The maximum atomic E-state index is 12.6. The molecule has 0 aromatic heterocycles. The van der Waals surface area contributed by atoms with Gasteiger partial charge in [-0.1, -0.05) is 32.1 Å². The first-order valence-corrected chi connectivity index (χ1v) is 11.2. The summed E-state index contributed by atoms with van der Waals surface area (Å²) in [6.07, 6.45) is 7.73. The minimum absolute atomic E-state index is 0.0620. The van der Waals surface area contributed by atoms with Crippen molar-refractivity contribution in [2.45, 2.75) is 62.3 Å². The highest BCUT2D eigenvalue weighted by molar-refractivity contribution is 7.91. The number of carbonyl (C=O) groups excluding carboxylic acids is 2. The Bertz CT molecular complexity index is 798. The molecule has 1 saturated carbocycles. The average molecular weight is 394 g/mol. The monoisotopic (exact) mass is 394 g/mol. The van der Waals surface area contributed by atoms with Crippen LogP contribution in [0.4, 0.5) is 5.69 Å². The topological polar surface area (TPSA) is 102 Å². The molecule has 8 heteroatoms. The first-order valence-electron chi connectivity index (χ1n) is 9.53. The van der Waals surface area contributed by atoms with Crippen molar-refractivity contribution >= 4 is 27.3 Å². The summed E-state index contributed by atoms with van der Waals surface area (Å²) in [5, 5.41) is 5.61. The van der Waals surface area contributed by atoms with Crippen molar-refractivity contribution in [2.24, 2.45) is 0 Å². The molecule has 1 fully saturated rings. The molecule has 3 rings (SSSR count). The Balaban J connectivity index is 1.56. The van der Waals surface area contributed by atoms with E-state index in [0.717, 1.165) is 25.7 Å². The summed E-state index contributed by atoms with van der Waals surface area (Å²) in [4.78, 5) is 23.6. The van der Waals surface area contributed by atoms with Crippen LogP contribution in [0.15, 0.2) is 23.1 Å². The van der Waals surface area contributed by atoms with Crippen LogP contribution in [0.1, 0.15) is 51.4 Å². The fourth-order valence-electron chi connectivity index (χ4n) is 3.49. The lowest BCUT2D eigenvalue weighted by molar-refractivity contribution is -0.121. The minimum atomic E-state index is -3.61. The van der Waals surface area contributed by atoms with Crippen LogP contribution < -0.4 is 15.4 Å². The molecule has 2 amide bonds. The number of amides is 2. The van der Waals surface area contributed by atoms with E-state index in [1.165, 1.54) is 37.5 Å². The summed E-state index contributed by atoms with van der Waals surface area (Å²) < 4.78 is 30.4. The molecule has 1 aromatic rings. The van der Waals surface area contributed by atoms with Gasteiger partial charge in [-0.3, -0.25) is 9.59 Å². The number of benzene rings is 1. The Labute approximate surface area is 159 Å². The van der Waals surface area contributed by atoms with Gasteiger partial charge in [0.15, 0.2) is 16.4 Å². The number of anilines is 1. The van der Waals surface area contributed by atoms with Gasteiger partial charge in [-0.25, -0.2) is 8.42 Å². The molecule has 148 valence electrons. The van der Waals surface area contributed by atoms with E-state index >= 15 is 0 Å². The largest absolute Gasteiger partial charge is 0.482 e. The van der Waals surface area contributed by atoms with E-state index in [9.17, 15) is 18.0 Å². The lowest BCUT2D eigenvalue weighted by atomic mass is 9.97. The van der Waals surface area contributed by atoms with Crippen LogP contribution in [0.3, 0.4) is 0 Å². The van der Waals surface area contributed by atoms with Gasteiger partial charge in [0.25, 0.3) is 5.91 Å². The average Bonchev–Trinajstić information content (AvgIpc) is 2.62. The quantitative estimate of drug-likeness (QED) is 0.799. The molecule has 7 nitrogen and oxygen atoms in total. The summed E-state index contributed by atoms with van der Waals surface area (Å²) in [5.74, 6) is -0.416. The summed E-state index contributed by atoms with van der Waals surface area (Å²) in [7, 11) is -3.61. The van der Waals surface area contributed by atoms with E-state index in [-0.39, 0.29) is 41.5 Å². The second-order valence-corrected chi connectivity index (χ2v) is 9.28. The fraction of sp³-hybridized carbons (Fsp3) is 0.579. The standard InChI is InChI=1S/C19H26N2O5S/c22-18(20-14-6-4-2-1-3-5-7-14)10-11-27(24,25)15-8-9-16-17(12-15)26-13-19(23)21-16/h8-9,12,14H,1-7,10-11,13H2,(H,20,22)(H,21,23). The van der Waals surface area contributed by atoms with Crippen molar-refractivity contribution in [3.8, 4) is 5.75 Å². The summed E-state index contributed by atoms with van der Waals surface area (Å²) in [6, 6.07) is 4.49. The van der Waals surface area contributed by atoms with Crippen LogP contribution in [0.25, 0.3) is 0 Å². The van der Waals surface area contributed by atoms with Crippen LogP contribution >= 0.6 is 0 Å². The zero-order valence-electron chi connectivity index (χ0n) is 15.3. The van der Waals surface area contributed by atoms with Crippen molar-refractivity contribution in [2.75, 3.05) is 17.7 Å². The second-order valence-electron chi connectivity index (χ2n) is 7.17. The molecule has 0 spiro atoms. The summed E-state index contributed by atoms with van der Waals surface area (Å²) in [5.41, 5.74) is 0.451. The van der Waals surface area contributed by atoms with E-state index in [2.05, 4.69) is 10.6 Å². The van der Waals surface area contributed by atoms with E-state index < -0.39 is 9.84 Å². The number of ether oxygens (including phenoxy) is 1. The van der Waals surface area contributed by atoms with Gasteiger partial charge in [0, 0.05) is 18.5 Å². The Morgan fingerprint density at radius 2 is 1.85 bits per heavy atom. The van der Waals surface area contributed by atoms with Gasteiger partial charge in [0.1, 0.15) is 5.75 Å². The predicted molar refractivity (Wildman–Crippen MR) is 101 cm³/mol. The number of rotatable bonds is 5. The number of hydrogen-bond acceptors (Lipinski definition) is 5. The van der Waals surface area contributed by atoms with Crippen molar-refractivity contribution in [1.29, 1.82) is 0 Å². The Hall–Kier alpha value is -2.09. The van der Waals surface area contributed by atoms with Crippen LogP contribution in [0.2, 0.25) is 0 Å². The number of fused-ring (bicyclic) bond motifs is 1. The molecule has 1 heterocycles. The number of sulfone groups is 1. The lowest BCUT2D eigenvalue weighted by Gasteiger charge is -2.21. The molecular weight excluding hydrogens is 368 g/mol. The molecule has 0 unspecified atom stereocenters. The Kier molecular flexibility index (Phi) is 6.36. The number of nitrogens with one attached hydrogen (secondary N) is 2. The first kappa shape index (κ1) is 19.7. The van der Waals surface area contributed by atoms with Crippen LogP contribution in [-0.4, -0.2) is 38.6 Å². The third kappa shape index (κ3) is 5.45. The molecule has 2 aliphatic rings. The van der Waals surface area contributed by atoms with Gasteiger partial charge in [-0.05, 0) is 25.0 Å². The molecule has 0 bridgehead atoms. The van der Waals surface area contributed by atoms with Crippen molar-refractivity contribution < 1.29 is 22.7 Å². The van der Waals surface area contributed by atoms with Gasteiger partial charge >= 0.3 is 0 Å². The van der Waals surface area contributed by atoms with Gasteiger partial charge in [0.05, 0.1) is 16.3 Å². The molecule has 1 aliphatic carbocycles. The van der Waals surface area contributed by atoms with Crippen molar-refractivity contribution in [3.05, 3.63) is 18.2 Å².